The Hall–Kier alpha value is -1.39. The Morgan fingerprint density at radius 2 is 2.17 bits per heavy atom. The Bertz CT molecular complexity index is 461. The van der Waals surface area contributed by atoms with Gasteiger partial charge in [-0.2, -0.15) is 0 Å². The maximum Gasteiger partial charge on any atom is 0.246 e. The Morgan fingerprint density at radius 3 is 2.78 bits per heavy atom. The number of benzene rings is 1. The quantitative estimate of drug-likeness (QED) is 0.664. The summed E-state index contributed by atoms with van der Waals surface area (Å²) < 4.78 is 4.61. The molecule has 0 aromatic heterocycles. The first-order valence-corrected chi connectivity index (χ1v) is 6.01. The lowest BCUT2D eigenvalue weighted by atomic mass is 10.2. The molecule has 0 aliphatic carbocycles. The van der Waals surface area contributed by atoms with Crippen molar-refractivity contribution in [1.29, 1.82) is 0 Å². The predicted octanol–water partition coefficient (Wildman–Crippen LogP) is 1.85. The van der Waals surface area contributed by atoms with Crippen molar-refractivity contribution in [2.24, 2.45) is 0 Å². The Morgan fingerprint density at radius 1 is 1.44 bits per heavy atom. The first-order chi connectivity index (χ1) is 8.52. The number of amides is 1. The molecule has 0 saturated carbocycles. The standard InChI is InChI=1S/C12H13Cl2NO3/c1-2-18-12(17)6-11(16)15-7-8-3-4-9(13)10(14)5-8/h3-6,17H,2,7H2,1H3,(H,15,16)/p-1/b12-6+. The first-order valence-electron chi connectivity index (χ1n) is 5.26. The molecule has 1 amide bonds. The van der Waals surface area contributed by atoms with E-state index in [1.807, 2.05) is 0 Å². The number of carbonyl (C=O) groups is 1. The van der Waals surface area contributed by atoms with Gasteiger partial charge in [-0.3, -0.25) is 4.79 Å². The molecular formula is C12H12Cl2NO3-. The second-order valence-corrected chi connectivity index (χ2v) is 4.18. The van der Waals surface area contributed by atoms with Crippen LogP contribution < -0.4 is 10.4 Å². The minimum atomic E-state index is -0.663. The highest BCUT2D eigenvalue weighted by molar-refractivity contribution is 6.42. The molecular weight excluding hydrogens is 277 g/mol. The van der Waals surface area contributed by atoms with Gasteiger partial charge in [0, 0.05) is 12.6 Å². The normalized spacial score (nSPS) is 11.2. The van der Waals surface area contributed by atoms with Crippen LogP contribution in [0.5, 0.6) is 0 Å². The third-order valence-corrected chi connectivity index (χ3v) is 2.73. The summed E-state index contributed by atoms with van der Waals surface area (Å²) in [5, 5.41) is 14.4. The van der Waals surface area contributed by atoms with Crippen molar-refractivity contribution in [3.8, 4) is 0 Å². The molecule has 98 valence electrons. The predicted molar refractivity (Wildman–Crippen MR) is 68.0 cm³/mol. The maximum atomic E-state index is 11.3. The third kappa shape index (κ3) is 4.85. The highest BCUT2D eigenvalue weighted by Crippen LogP contribution is 2.22. The van der Waals surface area contributed by atoms with Crippen LogP contribution in [0.2, 0.25) is 10.0 Å². The maximum absolute atomic E-state index is 11.3. The van der Waals surface area contributed by atoms with Crippen LogP contribution in [0.1, 0.15) is 12.5 Å². The Balaban J connectivity index is 2.52. The van der Waals surface area contributed by atoms with E-state index < -0.39 is 11.9 Å². The summed E-state index contributed by atoms with van der Waals surface area (Å²) >= 11 is 11.6. The van der Waals surface area contributed by atoms with Gasteiger partial charge in [0.2, 0.25) is 5.91 Å². The molecule has 1 aromatic carbocycles. The fourth-order valence-corrected chi connectivity index (χ4v) is 1.50. The molecule has 0 saturated heterocycles. The van der Waals surface area contributed by atoms with Gasteiger partial charge in [0.1, 0.15) is 0 Å². The first kappa shape index (κ1) is 14.7. The topological polar surface area (TPSA) is 61.4 Å². The van der Waals surface area contributed by atoms with Crippen molar-refractivity contribution in [2.75, 3.05) is 6.61 Å². The van der Waals surface area contributed by atoms with Crippen LogP contribution in [-0.4, -0.2) is 12.5 Å². The fourth-order valence-electron chi connectivity index (χ4n) is 1.18. The van der Waals surface area contributed by atoms with Crippen LogP contribution in [0.25, 0.3) is 0 Å². The summed E-state index contributed by atoms with van der Waals surface area (Å²) in [7, 11) is 0. The lowest BCUT2D eigenvalue weighted by Gasteiger charge is -2.12. The zero-order valence-electron chi connectivity index (χ0n) is 9.70. The molecule has 0 radical (unpaired) electrons. The van der Waals surface area contributed by atoms with Gasteiger partial charge in [-0.25, -0.2) is 0 Å². The summed E-state index contributed by atoms with van der Waals surface area (Å²) in [5.41, 5.74) is 0.787. The van der Waals surface area contributed by atoms with Crippen molar-refractivity contribution >= 4 is 29.1 Å². The van der Waals surface area contributed by atoms with E-state index in [0.29, 0.717) is 10.0 Å². The molecule has 1 rings (SSSR count). The van der Waals surface area contributed by atoms with Crippen molar-refractivity contribution < 1.29 is 14.6 Å². The van der Waals surface area contributed by atoms with Gasteiger partial charge in [-0.1, -0.05) is 36.2 Å². The SMILES string of the molecule is CCO/C([O-])=C/C(=O)NCc1ccc(Cl)c(Cl)c1. The molecule has 0 atom stereocenters. The number of hydrogen-bond donors (Lipinski definition) is 1. The van der Waals surface area contributed by atoms with E-state index in [1.54, 1.807) is 25.1 Å². The highest BCUT2D eigenvalue weighted by Gasteiger charge is 2.01. The molecule has 0 aliphatic heterocycles. The summed E-state index contributed by atoms with van der Waals surface area (Å²) in [5.74, 6) is -1.18. The summed E-state index contributed by atoms with van der Waals surface area (Å²) in [6.07, 6.45) is 0.862. The molecule has 6 heteroatoms. The van der Waals surface area contributed by atoms with Gasteiger partial charge >= 0.3 is 0 Å². The lowest BCUT2D eigenvalue weighted by molar-refractivity contribution is -0.356. The molecule has 4 nitrogen and oxygen atoms in total. The highest BCUT2D eigenvalue weighted by atomic mass is 35.5. The molecule has 0 aliphatic rings. The van der Waals surface area contributed by atoms with E-state index in [-0.39, 0.29) is 13.2 Å². The van der Waals surface area contributed by atoms with E-state index in [0.717, 1.165) is 11.6 Å². The molecule has 1 aromatic rings. The van der Waals surface area contributed by atoms with E-state index in [9.17, 15) is 9.90 Å². The van der Waals surface area contributed by atoms with Gasteiger partial charge in [-0.15, -0.1) is 0 Å². The van der Waals surface area contributed by atoms with Gasteiger partial charge in [0.15, 0.2) is 0 Å². The second kappa shape index (κ2) is 7.13. The monoisotopic (exact) mass is 288 g/mol. The van der Waals surface area contributed by atoms with Crippen LogP contribution in [0, 0.1) is 0 Å². The van der Waals surface area contributed by atoms with Crippen LogP contribution in [-0.2, 0) is 16.1 Å². The minimum absolute atomic E-state index is 0.232. The van der Waals surface area contributed by atoms with E-state index >= 15 is 0 Å². The molecule has 0 heterocycles. The largest absolute Gasteiger partial charge is 0.613 e. The third-order valence-electron chi connectivity index (χ3n) is 1.99. The van der Waals surface area contributed by atoms with Crippen LogP contribution >= 0.6 is 23.2 Å². The second-order valence-electron chi connectivity index (χ2n) is 3.36. The number of rotatable bonds is 5. The molecule has 0 fully saturated rings. The number of carbonyl (C=O) groups excluding carboxylic acids is 1. The number of hydrogen-bond acceptors (Lipinski definition) is 3. The van der Waals surface area contributed by atoms with Crippen molar-refractivity contribution in [3.05, 3.63) is 45.8 Å². The smallest absolute Gasteiger partial charge is 0.246 e. The average Bonchev–Trinajstić information content (AvgIpc) is 2.31. The lowest BCUT2D eigenvalue weighted by Crippen LogP contribution is -2.23. The Labute approximate surface area is 115 Å². The van der Waals surface area contributed by atoms with Gasteiger partial charge in [-0.05, 0) is 24.3 Å². The molecule has 0 unspecified atom stereocenters. The van der Waals surface area contributed by atoms with Gasteiger partial charge < -0.3 is 15.2 Å². The molecule has 18 heavy (non-hydrogen) atoms. The fraction of sp³-hybridized carbons (Fsp3) is 0.250. The van der Waals surface area contributed by atoms with E-state index in [1.165, 1.54) is 0 Å². The molecule has 0 spiro atoms. The zero-order chi connectivity index (χ0) is 13.5. The number of halogens is 2. The zero-order valence-corrected chi connectivity index (χ0v) is 11.2. The molecule has 0 bridgehead atoms. The number of nitrogens with one attached hydrogen (secondary N) is 1. The van der Waals surface area contributed by atoms with Crippen molar-refractivity contribution in [3.63, 3.8) is 0 Å². The summed E-state index contributed by atoms with van der Waals surface area (Å²) in [6, 6.07) is 5.02. The van der Waals surface area contributed by atoms with E-state index in [2.05, 4.69) is 10.1 Å². The van der Waals surface area contributed by atoms with Crippen LogP contribution in [0.15, 0.2) is 30.2 Å². The summed E-state index contributed by atoms with van der Waals surface area (Å²) in [6.45, 7) is 2.15. The van der Waals surface area contributed by atoms with Crippen molar-refractivity contribution in [1.82, 2.24) is 5.32 Å². The summed E-state index contributed by atoms with van der Waals surface area (Å²) in [4.78, 5) is 11.3. The molecule has 1 N–H and O–H groups in total. The minimum Gasteiger partial charge on any atom is -0.613 e. The number of ether oxygens (including phenoxy) is 1. The van der Waals surface area contributed by atoms with Gasteiger partial charge in [0.25, 0.3) is 0 Å². The Kier molecular flexibility index (Phi) is 5.82. The average molecular weight is 289 g/mol. The van der Waals surface area contributed by atoms with Crippen molar-refractivity contribution in [2.45, 2.75) is 13.5 Å². The van der Waals surface area contributed by atoms with E-state index in [4.69, 9.17) is 23.2 Å². The van der Waals surface area contributed by atoms with Crippen LogP contribution in [0.3, 0.4) is 0 Å². The van der Waals surface area contributed by atoms with Crippen LogP contribution in [0.4, 0.5) is 0 Å². The van der Waals surface area contributed by atoms with Gasteiger partial charge in [0.05, 0.1) is 16.0 Å².